The summed E-state index contributed by atoms with van der Waals surface area (Å²) in [5.74, 6) is 1.10. The second-order valence-corrected chi connectivity index (χ2v) is 5.74. The summed E-state index contributed by atoms with van der Waals surface area (Å²) in [4.78, 5) is 0.264. The third-order valence-corrected chi connectivity index (χ3v) is 4.14. The van der Waals surface area contributed by atoms with Crippen molar-refractivity contribution in [2.75, 3.05) is 6.61 Å². The summed E-state index contributed by atoms with van der Waals surface area (Å²) < 4.78 is 5.89. The van der Waals surface area contributed by atoms with E-state index in [0.717, 1.165) is 6.42 Å². The molecule has 0 amide bonds. The Labute approximate surface area is 128 Å². The predicted octanol–water partition coefficient (Wildman–Crippen LogP) is 3.69. The lowest BCUT2D eigenvalue weighted by Crippen LogP contribution is -2.23. The van der Waals surface area contributed by atoms with Gasteiger partial charge in [0, 0.05) is 5.92 Å². The van der Waals surface area contributed by atoms with Crippen LogP contribution >= 0.6 is 23.8 Å². The van der Waals surface area contributed by atoms with Crippen LogP contribution in [-0.4, -0.2) is 11.6 Å². The lowest BCUT2D eigenvalue weighted by molar-refractivity contribution is 0.275. The topological polar surface area (TPSA) is 35.2 Å². The fourth-order valence-electron chi connectivity index (χ4n) is 2.57. The Hall–Kier alpha value is -1.58. The molecule has 1 unspecified atom stereocenters. The van der Waals surface area contributed by atoms with Gasteiger partial charge in [-0.15, -0.1) is 0 Å². The molecule has 1 atom stereocenters. The summed E-state index contributed by atoms with van der Waals surface area (Å²) in [7, 11) is 0. The molecule has 20 heavy (non-hydrogen) atoms. The Balaban J connectivity index is 1.75. The third kappa shape index (κ3) is 2.39. The van der Waals surface area contributed by atoms with E-state index in [-0.39, 0.29) is 4.99 Å². The van der Waals surface area contributed by atoms with Gasteiger partial charge in [0.25, 0.3) is 0 Å². The zero-order valence-electron chi connectivity index (χ0n) is 10.8. The first-order valence-corrected chi connectivity index (χ1v) is 7.24. The highest BCUT2D eigenvalue weighted by Gasteiger charge is 2.26. The van der Waals surface area contributed by atoms with Crippen LogP contribution in [0.5, 0.6) is 5.75 Å². The highest BCUT2D eigenvalue weighted by atomic mass is 35.5. The number of nitrogens with two attached hydrogens (primary N) is 1. The molecule has 0 spiro atoms. The van der Waals surface area contributed by atoms with Gasteiger partial charge in [-0.3, -0.25) is 0 Å². The van der Waals surface area contributed by atoms with Crippen LogP contribution in [0.1, 0.15) is 22.6 Å². The van der Waals surface area contributed by atoms with Crippen LogP contribution in [0, 0.1) is 0 Å². The molecule has 0 aliphatic heterocycles. The Morgan fingerprint density at radius 1 is 1.25 bits per heavy atom. The lowest BCUT2D eigenvalue weighted by Gasteiger charge is -2.30. The number of benzene rings is 2. The number of halogens is 1. The Bertz CT molecular complexity index is 671. The summed E-state index contributed by atoms with van der Waals surface area (Å²) in [6, 6.07) is 13.9. The van der Waals surface area contributed by atoms with Crippen molar-refractivity contribution in [1.82, 2.24) is 0 Å². The van der Waals surface area contributed by atoms with Gasteiger partial charge in [-0.2, -0.15) is 0 Å². The summed E-state index contributed by atoms with van der Waals surface area (Å²) in [6.45, 7) is 0.618. The van der Waals surface area contributed by atoms with E-state index < -0.39 is 0 Å². The summed E-state index contributed by atoms with van der Waals surface area (Å²) in [6.07, 6.45) is 1.05. The number of hydrogen-bond donors (Lipinski definition) is 1. The van der Waals surface area contributed by atoms with Crippen molar-refractivity contribution < 1.29 is 4.74 Å². The van der Waals surface area contributed by atoms with Crippen molar-refractivity contribution in [3.63, 3.8) is 0 Å². The van der Waals surface area contributed by atoms with Crippen LogP contribution in [0.3, 0.4) is 0 Å². The summed E-state index contributed by atoms with van der Waals surface area (Å²) in [5.41, 5.74) is 9.11. The molecule has 0 radical (unpaired) electrons. The summed E-state index contributed by atoms with van der Waals surface area (Å²) >= 11 is 11.2. The van der Waals surface area contributed by atoms with Crippen molar-refractivity contribution in [2.45, 2.75) is 12.3 Å². The molecule has 1 aliphatic rings. The number of rotatable bonds is 4. The van der Waals surface area contributed by atoms with Gasteiger partial charge in [-0.25, -0.2) is 0 Å². The normalized spacial score (nSPS) is 16.1. The van der Waals surface area contributed by atoms with Crippen LogP contribution in [0.25, 0.3) is 0 Å². The van der Waals surface area contributed by atoms with Crippen molar-refractivity contribution in [3.8, 4) is 5.75 Å². The second kappa shape index (κ2) is 5.43. The van der Waals surface area contributed by atoms with Crippen molar-refractivity contribution >= 4 is 28.8 Å². The number of ether oxygens (including phenoxy) is 1. The van der Waals surface area contributed by atoms with Crippen molar-refractivity contribution in [1.29, 1.82) is 0 Å². The van der Waals surface area contributed by atoms with Crippen LogP contribution in [-0.2, 0) is 6.42 Å². The van der Waals surface area contributed by atoms with Crippen LogP contribution in [0.2, 0.25) is 5.02 Å². The maximum atomic E-state index is 6.12. The van der Waals surface area contributed by atoms with Gasteiger partial charge >= 0.3 is 0 Å². The Morgan fingerprint density at radius 3 is 2.80 bits per heavy atom. The summed E-state index contributed by atoms with van der Waals surface area (Å²) in [5, 5.41) is 0.531. The highest BCUT2D eigenvalue weighted by molar-refractivity contribution is 7.80. The fraction of sp³-hybridized carbons (Fsp3) is 0.188. The molecule has 3 rings (SSSR count). The van der Waals surface area contributed by atoms with Gasteiger partial charge in [0.1, 0.15) is 10.7 Å². The number of fused-ring (bicyclic) bond motifs is 1. The molecule has 0 bridgehead atoms. The fourth-order valence-corrected chi connectivity index (χ4v) is 3.10. The largest absolute Gasteiger partial charge is 0.492 e. The highest BCUT2D eigenvalue weighted by Crippen LogP contribution is 2.36. The first-order valence-electron chi connectivity index (χ1n) is 6.45. The van der Waals surface area contributed by atoms with Gasteiger partial charge in [-0.05, 0) is 29.7 Å². The standard InChI is InChI=1S/C16H14ClNOS/c17-13-6-3-7-14(15(13)16(18)20)19-9-11-8-10-4-1-2-5-12(10)11/h1-7,11H,8-9H2,(H2,18,20). The minimum absolute atomic E-state index is 0.264. The van der Waals surface area contributed by atoms with Crippen LogP contribution < -0.4 is 10.5 Å². The number of thiocarbonyl (C=S) groups is 1. The lowest BCUT2D eigenvalue weighted by atomic mass is 9.78. The first-order chi connectivity index (χ1) is 9.66. The van der Waals surface area contributed by atoms with E-state index in [9.17, 15) is 0 Å². The average molecular weight is 304 g/mol. The molecule has 102 valence electrons. The molecule has 4 heteroatoms. The predicted molar refractivity (Wildman–Crippen MR) is 85.7 cm³/mol. The molecule has 2 N–H and O–H groups in total. The van der Waals surface area contributed by atoms with E-state index in [1.807, 2.05) is 12.1 Å². The monoisotopic (exact) mass is 303 g/mol. The minimum atomic E-state index is 0.264. The zero-order valence-corrected chi connectivity index (χ0v) is 12.4. The number of hydrogen-bond acceptors (Lipinski definition) is 2. The molecule has 1 aliphatic carbocycles. The smallest absolute Gasteiger partial charge is 0.131 e. The third-order valence-electron chi connectivity index (χ3n) is 3.62. The maximum Gasteiger partial charge on any atom is 0.131 e. The molecule has 2 aromatic carbocycles. The molecule has 0 saturated carbocycles. The molecule has 2 nitrogen and oxygen atoms in total. The van der Waals surface area contributed by atoms with E-state index in [1.165, 1.54) is 11.1 Å². The zero-order chi connectivity index (χ0) is 14.1. The van der Waals surface area contributed by atoms with E-state index in [1.54, 1.807) is 6.07 Å². The second-order valence-electron chi connectivity index (χ2n) is 4.89. The van der Waals surface area contributed by atoms with Gasteiger partial charge in [0.05, 0.1) is 17.2 Å². The Morgan fingerprint density at radius 2 is 2.05 bits per heavy atom. The molecular formula is C16H14ClNOS. The van der Waals surface area contributed by atoms with E-state index in [4.69, 9.17) is 34.3 Å². The molecule has 2 aromatic rings. The maximum absolute atomic E-state index is 6.12. The first kappa shape index (κ1) is 13.4. The minimum Gasteiger partial charge on any atom is -0.492 e. The van der Waals surface area contributed by atoms with Gasteiger partial charge in [0.15, 0.2) is 0 Å². The SMILES string of the molecule is NC(=S)c1c(Cl)cccc1OCC1Cc2ccccc21. The quantitative estimate of drug-likeness (QED) is 0.875. The molecule has 0 fully saturated rings. The van der Waals surface area contributed by atoms with Crippen LogP contribution in [0.4, 0.5) is 0 Å². The van der Waals surface area contributed by atoms with Gasteiger partial charge < -0.3 is 10.5 Å². The molecule has 0 heterocycles. The van der Waals surface area contributed by atoms with Crippen LogP contribution in [0.15, 0.2) is 42.5 Å². The van der Waals surface area contributed by atoms with E-state index in [2.05, 4.69) is 24.3 Å². The van der Waals surface area contributed by atoms with Crippen molar-refractivity contribution in [2.24, 2.45) is 5.73 Å². The van der Waals surface area contributed by atoms with Crippen molar-refractivity contribution in [3.05, 3.63) is 64.2 Å². The van der Waals surface area contributed by atoms with Gasteiger partial charge in [-0.1, -0.05) is 54.2 Å². The Kier molecular flexibility index (Phi) is 3.64. The van der Waals surface area contributed by atoms with E-state index in [0.29, 0.717) is 28.9 Å². The molecule has 0 saturated heterocycles. The molecular weight excluding hydrogens is 290 g/mol. The van der Waals surface area contributed by atoms with E-state index >= 15 is 0 Å². The molecule has 0 aromatic heterocycles. The average Bonchev–Trinajstić information content (AvgIpc) is 2.39. The van der Waals surface area contributed by atoms with Gasteiger partial charge in [0.2, 0.25) is 0 Å².